The summed E-state index contributed by atoms with van der Waals surface area (Å²) in [6.07, 6.45) is 3.54. The Bertz CT molecular complexity index is 468. The fraction of sp³-hybridized carbons (Fsp3) is 0.500. The maximum atomic E-state index is 11.8. The van der Waals surface area contributed by atoms with Gasteiger partial charge in [0.15, 0.2) is 0 Å². The summed E-state index contributed by atoms with van der Waals surface area (Å²) in [6.45, 7) is 0.192. The van der Waals surface area contributed by atoms with Gasteiger partial charge in [-0.05, 0) is 24.3 Å². The molecule has 1 aliphatic carbocycles. The molecular formula is C16H21NO4. The largest absolute Gasteiger partial charge is 0.481 e. The lowest BCUT2D eigenvalue weighted by Gasteiger charge is -2.22. The molecule has 0 heterocycles. The zero-order valence-corrected chi connectivity index (χ0v) is 12.0. The third-order valence-electron chi connectivity index (χ3n) is 3.88. The molecule has 0 radical (unpaired) electrons. The van der Waals surface area contributed by atoms with Crippen molar-refractivity contribution in [2.45, 2.75) is 44.8 Å². The first-order chi connectivity index (χ1) is 10.1. The highest BCUT2D eigenvalue weighted by molar-refractivity contribution is 5.71. The Balaban J connectivity index is 1.83. The topological polar surface area (TPSA) is 75.6 Å². The van der Waals surface area contributed by atoms with Crippen LogP contribution in [0.5, 0.6) is 0 Å². The monoisotopic (exact) mass is 291 g/mol. The van der Waals surface area contributed by atoms with Crippen molar-refractivity contribution in [2.24, 2.45) is 5.92 Å². The SMILES string of the molecule is O=C(O)C[C@H](NC(=O)OCc1ccccc1)C1CCCC1. The third kappa shape index (κ3) is 5.10. The van der Waals surface area contributed by atoms with Crippen molar-refractivity contribution < 1.29 is 19.4 Å². The molecule has 5 nitrogen and oxygen atoms in total. The van der Waals surface area contributed by atoms with Crippen molar-refractivity contribution in [3.05, 3.63) is 35.9 Å². The Hall–Kier alpha value is -2.04. The van der Waals surface area contributed by atoms with E-state index in [0.717, 1.165) is 31.2 Å². The van der Waals surface area contributed by atoms with E-state index in [2.05, 4.69) is 5.32 Å². The smallest absolute Gasteiger partial charge is 0.407 e. The number of rotatable bonds is 6. The average molecular weight is 291 g/mol. The quantitative estimate of drug-likeness (QED) is 0.845. The van der Waals surface area contributed by atoms with Gasteiger partial charge in [-0.1, -0.05) is 43.2 Å². The molecule has 1 fully saturated rings. The van der Waals surface area contributed by atoms with Crippen LogP contribution < -0.4 is 5.32 Å². The third-order valence-corrected chi connectivity index (χ3v) is 3.88. The molecule has 0 aromatic heterocycles. The maximum absolute atomic E-state index is 11.8. The van der Waals surface area contributed by atoms with Gasteiger partial charge >= 0.3 is 12.1 Å². The first-order valence-corrected chi connectivity index (χ1v) is 7.34. The van der Waals surface area contributed by atoms with Crippen LogP contribution in [0.25, 0.3) is 0 Å². The van der Waals surface area contributed by atoms with Crippen LogP contribution in [0.4, 0.5) is 4.79 Å². The number of hydrogen-bond acceptors (Lipinski definition) is 3. The van der Waals surface area contributed by atoms with Gasteiger partial charge in [-0.3, -0.25) is 4.79 Å². The van der Waals surface area contributed by atoms with Crippen molar-refractivity contribution in [3.63, 3.8) is 0 Å². The molecule has 0 saturated heterocycles. The summed E-state index contributed by atoms with van der Waals surface area (Å²) in [5.41, 5.74) is 0.906. The summed E-state index contributed by atoms with van der Waals surface area (Å²) in [4.78, 5) is 22.8. The number of aliphatic carboxylic acids is 1. The van der Waals surface area contributed by atoms with E-state index in [9.17, 15) is 9.59 Å². The van der Waals surface area contributed by atoms with Crippen LogP contribution in [0.1, 0.15) is 37.7 Å². The van der Waals surface area contributed by atoms with Gasteiger partial charge in [-0.15, -0.1) is 0 Å². The molecule has 0 unspecified atom stereocenters. The Labute approximate surface area is 124 Å². The Morgan fingerprint density at radius 2 is 1.90 bits per heavy atom. The van der Waals surface area contributed by atoms with Gasteiger partial charge < -0.3 is 15.2 Å². The molecule has 5 heteroatoms. The van der Waals surface area contributed by atoms with Crippen molar-refractivity contribution in [2.75, 3.05) is 0 Å². The molecule has 21 heavy (non-hydrogen) atoms. The minimum atomic E-state index is -0.893. The van der Waals surface area contributed by atoms with E-state index in [4.69, 9.17) is 9.84 Å². The molecule has 0 spiro atoms. The number of amides is 1. The number of alkyl carbamates (subject to hydrolysis) is 1. The highest BCUT2D eigenvalue weighted by atomic mass is 16.5. The summed E-state index contributed by atoms with van der Waals surface area (Å²) < 4.78 is 5.16. The van der Waals surface area contributed by atoms with E-state index in [0.29, 0.717) is 0 Å². The summed E-state index contributed by atoms with van der Waals surface area (Å²) >= 11 is 0. The van der Waals surface area contributed by atoms with Gasteiger partial charge in [-0.2, -0.15) is 0 Å². The van der Waals surface area contributed by atoms with E-state index < -0.39 is 12.1 Å². The number of hydrogen-bond donors (Lipinski definition) is 2. The molecular weight excluding hydrogens is 270 g/mol. The lowest BCUT2D eigenvalue weighted by molar-refractivity contribution is -0.137. The number of ether oxygens (including phenoxy) is 1. The minimum Gasteiger partial charge on any atom is -0.481 e. The maximum Gasteiger partial charge on any atom is 0.407 e. The average Bonchev–Trinajstić information content (AvgIpc) is 2.99. The predicted octanol–water partition coefficient (Wildman–Crippen LogP) is 2.95. The lowest BCUT2D eigenvalue weighted by Crippen LogP contribution is -2.41. The van der Waals surface area contributed by atoms with Crippen LogP contribution in [0.15, 0.2) is 30.3 Å². The zero-order valence-electron chi connectivity index (χ0n) is 12.0. The fourth-order valence-corrected chi connectivity index (χ4v) is 2.80. The normalized spacial score (nSPS) is 16.4. The highest BCUT2D eigenvalue weighted by Gasteiger charge is 2.28. The predicted molar refractivity (Wildman–Crippen MR) is 77.8 cm³/mol. The van der Waals surface area contributed by atoms with E-state index in [-0.39, 0.29) is 25.0 Å². The number of benzene rings is 1. The van der Waals surface area contributed by atoms with Gasteiger partial charge in [0.25, 0.3) is 0 Å². The summed E-state index contributed by atoms with van der Waals surface area (Å²) in [5, 5.41) is 11.7. The molecule has 0 bridgehead atoms. The molecule has 114 valence electrons. The molecule has 0 aliphatic heterocycles. The number of carboxylic acids is 1. The van der Waals surface area contributed by atoms with Crippen molar-refractivity contribution in [1.82, 2.24) is 5.32 Å². The number of carbonyl (C=O) groups excluding carboxylic acids is 1. The molecule has 2 N–H and O–H groups in total. The molecule has 2 rings (SSSR count). The Morgan fingerprint density at radius 3 is 2.52 bits per heavy atom. The molecule has 1 aromatic rings. The zero-order chi connectivity index (χ0) is 15.1. The van der Waals surface area contributed by atoms with Crippen LogP contribution in [-0.4, -0.2) is 23.2 Å². The van der Waals surface area contributed by atoms with E-state index in [1.54, 1.807) is 0 Å². The highest BCUT2D eigenvalue weighted by Crippen LogP contribution is 2.29. The number of nitrogens with one attached hydrogen (secondary N) is 1. The molecule has 1 saturated carbocycles. The van der Waals surface area contributed by atoms with Gasteiger partial charge in [0.2, 0.25) is 0 Å². The van der Waals surface area contributed by atoms with Gasteiger partial charge in [0, 0.05) is 6.04 Å². The molecule has 1 aliphatic rings. The Kier molecular flexibility index (Phi) is 5.60. The summed E-state index contributed by atoms with van der Waals surface area (Å²) in [7, 11) is 0. The second-order valence-corrected chi connectivity index (χ2v) is 5.45. The first kappa shape index (κ1) is 15.4. The molecule has 1 amide bonds. The van der Waals surface area contributed by atoms with E-state index >= 15 is 0 Å². The van der Waals surface area contributed by atoms with Crippen LogP contribution in [0.2, 0.25) is 0 Å². The van der Waals surface area contributed by atoms with Gasteiger partial charge in [-0.25, -0.2) is 4.79 Å². The fourth-order valence-electron chi connectivity index (χ4n) is 2.80. The van der Waals surface area contributed by atoms with Gasteiger partial charge in [0.05, 0.1) is 6.42 Å². The number of carbonyl (C=O) groups is 2. The summed E-state index contributed by atoms with van der Waals surface area (Å²) in [6, 6.07) is 9.06. The van der Waals surface area contributed by atoms with Crippen LogP contribution in [-0.2, 0) is 16.1 Å². The second-order valence-electron chi connectivity index (χ2n) is 5.45. The van der Waals surface area contributed by atoms with Gasteiger partial charge in [0.1, 0.15) is 6.61 Å². The first-order valence-electron chi connectivity index (χ1n) is 7.34. The van der Waals surface area contributed by atoms with E-state index in [1.807, 2.05) is 30.3 Å². The van der Waals surface area contributed by atoms with Crippen molar-refractivity contribution >= 4 is 12.1 Å². The van der Waals surface area contributed by atoms with Crippen LogP contribution in [0.3, 0.4) is 0 Å². The van der Waals surface area contributed by atoms with Crippen molar-refractivity contribution in [3.8, 4) is 0 Å². The number of carboxylic acid groups (broad SMARTS) is 1. The van der Waals surface area contributed by atoms with Crippen molar-refractivity contribution in [1.29, 1.82) is 0 Å². The van der Waals surface area contributed by atoms with Crippen LogP contribution in [0, 0.1) is 5.92 Å². The molecule has 1 atom stereocenters. The van der Waals surface area contributed by atoms with E-state index in [1.165, 1.54) is 0 Å². The minimum absolute atomic E-state index is 0.0505. The lowest BCUT2D eigenvalue weighted by atomic mass is 9.95. The summed E-state index contributed by atoms with van der Waals surface area (Å²) in [5.74, 6) is -0.652. The second kappa shape index (κ2) is 7.67. The molecule has 1 aromatic carbocycles. The Morgan fingerprint density at radius 1 is 1.24 bits per heavy atom. The van der Waals surface area contributed by atoms with Crippen LogP contribution >= 0.6 is 0 Å². The standard InChI is InChI=1S/C16H21NO4/c18-15(19)10-14(13-8-4-5-9-13)17-16(20)21-11-12-6-2-1-3-7-12/h1-3,6-7,13-14H,4-5,8-11H2,(H,17,20)(H,18,19)/t14-/m0/s1.